The minimum absolute atomic E-state index is 0.133. The van der Waals surface area contributed by atoms with E-state index in [0.717, 1.165) is 10.9 Å². The fourth-order valence-corrected chi connectivity index (χ4v) is 1.99. The first-order chi connectivity index (χ1) is 7.17. The molecule has 0 heterocycles. The molecule has 1 aromatic rings. The molecule has 2 atom stereocenters. The smallest absolute Gasteiger partial charge is 0.0582 e. The van der Waals surface area contributed by atoms with Crippen molar-refractivity contribution < 1.29 is 5.11 Å². The zero-order valence-corrected chi connectivity index (χ0v) is 10.8. The van der Waals surface area contributed by atoms with Crippen LogP contribution in [0.2, 0.25) is 0 Å². The number of nitrogens with one attached hydrogen (secondary N) is 1. The Morgan fingerprint density at radius 2 is 2.20 bits per heavy atom. The van der Waals surface area contributed by atoms with E-state index in [9.17, 15) is 0 Å². The molecule has 15 heavy (non-hydrogen) atoms. The third-order valence-corrected chi connectivity index (χ3v) is 2.91. The molecule has 2 N–H and O–H groups in total. The van der Waals surface area contributed by atoms with Crippen LogP contribution in [0.4, 0.5) is 0 Å². The van der Waals surface area contributed by atoms with Crippen molar-refractivity contribution in [3.8, 4) is 0 Å². The monoisotopic (exact) mass is 271 g/mol. The van der Waals surface area contributed by atoms with Crippen LogP contribution in [0.25, 0.3) is 0 Å². The molecule has 0 aromatic heterocycles. The number of halogens is 1. The van der Waals surface area contributed by atoms with Gasteiger partial charge in [0.25, 0.3) is 0 Å². The number of hydrogen-bond donors (Lipinski definition) is 2. The third-order valence-electron chi connectivity index (χ3n) is 2.42. The molecule has 1 unspecified atom stereocenters. The van der Waals surface area contributed by atoms with E-state index in [4.69, 9.17) is 5.11 Å². The average molecular weight is 272 g/mol. The molecule has 84 valence electrons. The van der Waals surface area contributed by atoms with E-state index in [1.807, 2.05) is 19.1 Å². The average Bonchev–Trinajstić information content (AvgIpc) is 2.25. The maximum absolute atomic E-state index is 9.01. The van der Waals surface area contributed by atoms with Crippen molar-refractivity contribution in [2.45, 2.75) is 32.4 Å². The summed E-state index contributed by atoms with van der Waals surface area (Å²) >= 11 is 3.47. The molecule has 1 rings (SSSR count). The van der Waals surface area contributed by atoms with Gasteiger partial charge in [0.05, 0.1) is 6.61 Å². The molecule has 0 saturated carbocycles. The van der Waals surface area contributed by atoms with Crippen LogP contribution in [0.1, 0.15) is 31.9 Å². The van der Waals surface area contributed by atoms with Gasteiger partial charge in [-0.25, -0.2) is 0 Å². The zero-order chi connectivity index (χ0) is 11.3. The molecule has 0 aliphatic rings. The predicted molar refractivity (Wildman–Crippen MR) is 66.9 cm³/mol. The Labute approximate surface area is 99.8 Å². The van der Waals surface area contributed by atoms with E-state index in [2.05, 4.69) is 40.3 Å². The minimum atomic E-state index is 0.133. The highest BCUT2D eigenvalue weighted by Gasteiger charge is 2.11. The number of benzene rings is 1. The molecule has 0 spiro atoms. The molecule has 0 saturated heterocycles. The second-order valence-corrected chi connectivity index (χ2v) is 4.68. The fraction of sp³-hybridized carbons (Fsp3) is 0.500. The van der Waals surface area contributed by atoms with Gasteiger partial charge < -0.3 is 10.4 Å². The first kappa shape index (κ1) is 12.7. The van der Waals surface area contributed by atoms with Crippen molar-refractivity contribution in [3.05, 3.63) is 34.3 Å². The van der Waals surface area contributed by atoms with Crippen LogP contribution in [-0.2, 0) is 0 Å². The normalized spacial score (nSPS) is 14.9. The van der Waals surface area contributed by atoms with Crippen molar-refractivity contribution in [2.75, 3.05) is 6.61 Å². The lowest BCUT2D eigenvalue weighted by molar-refractivity contribution is 0.239. The number of aliphatic hydroxyl groups is 1. The highest BCUT2D eigenvalue weighted by molar-refractivity contribution is 9.10. The van der Waals surface area contributed by atoms with Gasteiger partial charge in [0.15, 0.2) is 0 Å². The summed E-state index contributed by atoms with van der Waals surface area (Å²) in [5.74, 6) is 0. The van der Waals surface area contributed by atoms with Gasteiger partial charge in [-0.2, -0.15) is 0 Å². The summed E-state index contributed by atoms with van der Waals surface area (Å²) in [5.41, 5.74) is 1.26. The lowest BCUT2D eigenvalue weighted by Crippen LogP contribution is -2.32. The molecule has 1 aromatic carbocycles. The van der Waals surface area contributed by atoms with E-state index in [1.165, 1.54) is 5.56 Å². The molecule has 0 aliphatic heterocycles. The quantitative estimate of drug-likeness (QED) is 0.863. The SMILES string of the molecule is CCC(N[C@@H](C)CO)c1cccc(Br)c1. The highest BCUT2D eigenvalue weighted by Crippen LogP contribution is 2.20. The summed E-state index contributed by atoms with van der Waals surface area (Å²) in [6.07, 6.45) is 1.01. The second kappa shape index (κ2) is 6.26. The molecule has 0 radical (unpaired) electrons. The van der Waals surface area contributed by atoms with Crippen LogP contribution < -0.4 is 5.32 Å². The van der Waals surface area contributed by atoms with Gasteiger partial charge in [-0.3, -0.25) is 0 Å². The maximum Gasteiger partial charge on any atom is 0.0582 e. The predicted octanol–water partition coefficient (Wildman–Crippen LogP) is 2.87. The standard InChI is InChI=1S/C12H18BrNO/c1-3-12(14-9(2)8-15)10-5-4-6-11(13)7-10/h4-7,9,12,14-15H,3,8H2,1-2H3/t9-,12?/m0/s1. The van der Waals surface area contributed by atoms with Gasteiger partial charge >= 0.3 is 0 Å². The molecule has 0 amide bonds. The largest absolute Gasteiger partial charge is 0.395 e. The number of aliphatic hydroxyl groups excluding tert-OH is 1. The fourth-order valence-electron chi connectivity index (χ4n) is 1.57. The van der Waals surface area contributed by atoms with E-state index in [0.29, 0.717) is 6.04 Å². The van der Waals surface area contributed by atoms with Gasteiger partial charge in [-0.1, -0.05) is 35.0 Å². The van der Waals surface area contributed by atoms with Crippen molar-refractivity contribution in [2.24, 2.45) is 0 Å². The Bertz CT molecular complexity index is 303. The second-order valence-electron chi connectivity index (χ2n) is 3.77. The first-order valence-electron chi connectivity index (χ1n) is 5.29. The van der Waals surface area contributed by atoms with Crippen LogP contribution in [-0.4, -0.2) is 17.8 Å². The van der Waals surface area contributed by atoms with Crippen LogP contribution in [0.5, 0.6) is 0 Å². The van der Waals surface area contributed by atoms with Crippen molar-refractivity contribution in [3.63, 3.8) is 0 Å². The van der Waals surface area contributed by atoms with Gasteiger partial charge in [0.1, 0.15) is 0 Å². The Morgan fingerprint density at radius 3 is 2.73 bits per heavy atom. The van der Waals surface area contributed by atoms with Gasteiger partial charge in [-0.15, -0.1) is 0 Å². The molecular weight excluding hydrogens is 254 g/mol. The summed E-state index contributed by atoms with van der Waals surface area (Å²) in [4.78, 5) is 0. The first-order valence-corrected chi connectivity index (χ1v) is 6.09. The molecule has 3 heteroatoms. The topological polar surface area (TPSA) is 32.3 Å². The molecular formula is C12H18BrNO. The Morgan fingerprint density at radius 1 is 1.47 bits per heavy atom. The zero-order valence-electron chi connectivity index (χ0n) is 9.20. The maximum atomic E-state index is 9.01. The Balaban J connectivity index is 2.73. The Hall–Kier alpha value is -0.380. The molecule has 2 nitrogen and oxygen atoms in total. The summed E-state index contributed by atoms with van der Waals surface area (Å²) in [6.45, 7) is 4.30. The molecule has 0 bridgehead atoms. The van der Waals surface area contributed by atoms with E-state index < -0.39 is 0 Å². The van der Waals surface area contributed by atoms with Crippen LogP contribution in [0, 0.1) is 0 Å². The van der Waals surface area contributed by atoms with E-state index >= 15 is 0 Å². The highest BCUT2D eigenvalue weighted by atomic mass is 79.9. The number of hydrogen-bond acceptors (Lipinski definition) is 2. The van der Waals surface area contributed by atoms with Crippen molar-refractivity contribution in [1.29, 1.82) is 0 Å². The van der Waals surface area contributed by atoms with Crippen LogP contribution in [0.3, 0.4) is 0 Å². The summed E-state index contributed by atoms with van der Waals surface area (Å²) < 4.78 is 1.09. The van der Waals surface area contributed by atoms with Crippen molar-refractivity contribution in [1.82, 2.24) is 5.32 Å². The minimum Gasteiger partial charge on any atom is -0.395 e. The third kappa shape index (κ3) is 3.93. The van der Waals surface area contributed by atoms with E-state index in [1.54, 1.807) is 0 Å². The lowest BCUT2D eigenvalue weighted by atomic mass is 10.0. The van der Waals surface area contributed by atoms with Gasteiger partial charge in [0, 0.05) is 16.6 Å². The van der Waals surface area contributed by atoms with Gasteiger partial charge in [0.2, 0.25) is 0 Å². The van der Waals surface area contributed by atoms with Crippen LogP contribution >= 0.6 is 15.9 Å². The lowest BCUT2D eigenvalue weighted by Gasteiger charge is -2.21. The van der Waals surface area contributed by atoms with Gasteiger partial charge in [-0.05, 0) is 31.0 Å². The Kier molecular flexibility index (Phi) is 5.29. The van der Waals surface area contributed by atoms with Crippen molar-refractivity contribution >= 4 is 15.9 Å². The summed E-state index contributed by atoms with van der Waals surface area (Å²) in [7, 11) is 0. The molecule has 0 aliphatic carbocycles. The summed E-state index contributed by atoms with van der Waals surface area (Å²) in [6, 6.07) is 8.72. The molecule has 0 fully saturated rings. The van der Waals surface area contributed by atoms with E-state index in [-0.39, 0.29) is 12.6 Å². The summed E-state index contributed by atoms with van der Waals surface area (Å²) in [5, 5.41) is 12.4. The number of rotatable bonds is 5. The van der Waals surface area contributed by atoms with Crippen LogP contribution in [0.15, 0.2) is 28.7 Å².